The molecule has 0 radical (unpaired) electrons. The topological polar surface area (TPSA) is 122 Å². The number of rotatable bonds is 9. The summed E-state index contributed by atoms with van der Waals surface area (Å²) in [4.78, 5) is 13.0. The lowest BCUT2D eigenvalue weighted by Crippen LogP contribution is -2.40. The minimum absolute atomic E-state index is 0.0441. The molecule has 1 amide bonds. The van der Waals surface area contributed by atoms with Crippen molar-refractivity contribution in [3.8, 4) is 5.75 Å². The molecule has 0 spiro atoms. The van der Waals surface area contributed by atoms with Crippen molar-refractivity contribution < 1.29 is 31.1 Å². The molecule has 3 aromatic carbocycles. The van der Waals surface area contributed by atoms with Gasteiger partial charge in [0.2, 0.25) is 20.0 Å². The Kier molecular flexibility index (Phi) is 8.83. The number of carbonyl (C=O) groups is 1. The first kappa shape index (κ1) is 29.5. The number of sulfonamides is 2. The number of ether oxygens (including phenoxy) is 2. The van der Waals surface area contributed by atoms with Crippen molar-refractivity contribution in [2.24, 2.45) is 0 Å². The molecule has 3 aromatic rings. The van der Waals surface area contributed by atoms with Crippen LogP contribution in [0.15, 0.2) is 65.6 Å². The number of amides is 1. The highest BCUT2D eigenvalue weighted by atomic mass is 32.2. The monoisotopic (exact) mass is 587 g/mol. The summed E-state index contributed by atoms with van der Waals surface area (Å²) in [6, 6.07) is 16.7. The van der Waals surface area contributed by atoms with Crippen LogP contribution in [-0.2, 0) is 31.3 Å². The molecule has 1 aliphatic rings. The first-order valence-electron chi connectivity index (χ1n) is 12.6. The smallest absolute Gasteiger partial charge is 0.255 e. The van der Waals surface area contributed by atoms with Gasteiger partial charge in [-0.25, -0.2) is 16.8 Å². The maximum atomic E-state index is 13.2. The van der Waals surface area contributed by atoms with Crippen LogP contribution in [0.25, 0.3) is 0 Å². The third kappa shape index (κ3) is 6.64. The molecule has 12 heteroatoms. The summed E-state index contributed by atoms with van der Waals surface area (Å²) in [6.45, 7) is 4.94. The highest BCUT2D eigenvalue weighted by molar-refractivity contribution is 7.92. The number of benzene rings is 3. The normalized spacial score (nSPS) is 14.5. The molecule has 0 atom stereocenters. The zero-order chi connectivity index (χ0) is 29.1. The Labute approximate surface area is 235 Å². The van der Waals surface area contributed by atoms with E-state index in [0.717, 1.165) is 11.1 Å². The third-order valence-electron chi connectivity index (χ3n) is 6.59. The maximum Gasteiger partial charge on any atom is 0.255 e. The number of aryl methyl sites for hydroxylation is 2. The van der Waals surface area contributed by atoms with Crippen LogP contribution in [0.1, 0.15) is 27.0 Å². The summed E-state index contributed by atoms with van der Waals surface area (Å²) >= 11 is 0. The molecular weight excluding hydrogens is 554 g/mol. The molecule has 0 aliphatic carbocycles. The summed E-state index contributed by atoms with van der Waals surface area (Å²) < 4.78 is 65.0. The molecule has 0 saturated carbocycles. The molecule has 1 aliphatic heterocycles. The van der Waals surface area contributed by atoms with E-state index < -0.39 is 26.0 Å². The van der Waals surface area contributed by atoms with E-state index in [9.17, 15) is 21.6 Å². The SMILES string of the molecule is COc1ccc(NC(=O)c2ccc(CN(c3cc(C)ccc3C)S(C)(=O)=O)cc2)cc1S(=O)(=O)N1CCOCC1. The van der Waals surface area contributed by atoms with Crippen molar-refractivity contribution in [3.05, 3.63) is 82.9 Å². The van der Waals surface area contributed by atoms with Crippen molar-refractivity contribution >= 4 is 37.3 Å². The van der Waals surface area contributed by atoms with Gasteiger partial charge in [0.15, 0.2) is 0 Å². The fourth-order valence-electron chi connectivity index (χ4n) is 4.38. The van der Waals surface area contributed by atoms with Gasteiger partial charge in [0.05, 0.1) is 38.8 Å². The molecule has 1 heterocycles. The zero-order valence-corrected chi connectivity index (χ0v) is 24.5. The predicted molar refractivity (Wildman–Crippen MR) is 154 cm³/mol. The standard InChI is InChI=1S/C28H33N3O7S2/c1-20-5-6-21(2)25(17-20)31(39(4,33)34)19-22-7-9-23(10-8-22)28(32)29-24-11-12-26(37-3)27(18-24)40(35,36)30-13-15-38-16-14-30/h5-12,17-18H,13-16,19H2,1-4H3,(H,29,32). The Bertz CT molecular complexity index is 1600. The predicted octanol–water partition coefficient (Wildman–Crippen LogP) is 3.55. The molecule has 0 bridgehead atoms. The molecule has 214 valence electrons. The lowest BCUT2D eigenvalue weighted by atomic mass is 10.1. The second kappa shape index (κ2) is 12.0. The number of carbonyl (C=O) groups excluding carboxylic acids is 1. The fraction of sp³-hybridized carbons (Fsp3) is 0.321. The third-order valence-corrected chi connectivity index (χ3v) is 9.63. The van der Waals surface area contributed by atoms with Gasteiger partial charge in [0.1, 0.15) is 10.6 Å². The summed E-state index contributed by atoms with van der Waals surface area (Å²) in [5.41, 5.74) is 3.70. The first-order chi connectivity index (χ1) is 18.9. The maximum absolute atomic E-state index is 13.2. The summed E-state index contributed by atoms with van der Waals surface area (Å²) in [6.07, 6.45) is 1.17. The number of morpholine rings is 1. The van der Waals surface area contributed by atoms with Gasteiger partial charge in [-0.3, -0.25) is 9.10 Å². The van der Waals surface area contributed by atoms with Crippen LogP contribution in [0.2, 0.25) is 0 Å². The minimum atomic E-state index is -3.86. The highest BCUT2D eigenvalue weighted by Gasteiger charge is 2.30. The first-order valence-corrected chi connectivity index (χ1v) is 15.9. The van der Waals surface area contributed by atoms with E-state index in [1.54, 1.807) is 30.3 Å². The van der Waals surface area contributed by atoms with Crippen molar-refractivity contribution in [1.82, 2.24) is 4.31 Å². The van der Waals surface area contributed by atoms with Gasteiger partial charge >= 0.3 is 0 Å². The Morgan fingerprint density at radius 2 is 1.65 bits per heavy atom. The van der Waals surface area contributed by atoms with Gasteiger partial charge < -0.3 is 14.8 Å². The lowest BCUT2D eigenvalue weighted by Gasteiger charge is -2.26. The van der Waals surface area contributed by atoms with Gasteiger partial charge in [0.25, 0.3) is 5.91 Å². The molecule has 1 N–H and O–H groups in total. The van der Waals surface area contributed by atoms with E-state index in [1.807, 2.05) is 32.0 Å². The van der Waals surface area contributed by atoms with E-state index in [2.05, 4.69) is 5.32 Å². The lowest BCUT2D eigenvalue weighted by molar-refractivity contribution is 0.0729. The van der Waals surface area contributed by atoms with E-state index >= 15 is 0 Å². The molecular formula is C28H33N3O7S2. The average Bonchev–Trinajstić information content (AvgIpc) is 2.93. The quantitative estimate of drug-likeness (QED) is 0.406. The van der Waals surface area contributed by atoms with Crippen molar-refractivity contribution in [2.75, 3.05) is 49.3 Å². The molecule has 10 nitrogen and oxygen atoms in total. The number of nitrogens with zero attached hydrogens (tertiary/aromatic N) is 2. The van der Waals surface area contributed by atoms with Crippen LogP contribution in [0, 0.1) is 13.8 Å². The molecule has 1 saturated heterocycles. The molecule has 40 heavy (non-hydrogen) atoms. The molecule has 0 aromatic heterocycles. The number of anilines is 2. The summed E-state index contributed by atoms with van der Waals surface area (Å²) in [5.74, 6) is -0.269. The Morgan fingerprint density at radius 1 is 0.975 bits per heavy atom. The van der Waals surface area contributed by atoms with Crippen LogP contribution in [0.4, 0.5) is 11.4 Å². The average molecular weight is 588 g/mol. The molecule has 1 fully saturated rings. The molecule has 4 rings (SSSR count). The van der Waals surface area contributed by atoms with E-state index in [-0.39, 0.29) is 30.3 Å². The summed E-state index contributed by atoms with van der Waals surface area (Å²) in [5, 5.41) is 2.74. The van der Waals surface area contributed by atoms with Crippen molar-refractivity contribution in [3.63, 3.8) is 0 Å². The van der Waals surface area contributed by atoms with Gasteiger partial charge in [-0.15, -0.1) is 0 Å². The highest BCUT2D eigenvalue weighted by Crippen LogP contribution is 2.31. The number of nitrogens with one attached hydrogen (secondary N) is 1. The fourth-order valence-corrected chi connectivity index (χ4v) is 6.91. The van der Waals surface area contributed by atoms with Gasteiger partial charge in [-0.05, 0) is 66.9 Å². The van der Waals surface area contributed by atoms with Gasteiger partial charge in [-0.1, -0.05) is 24.3 Å². The van der Waals surface area contributed by atoms with Crippen LogP contribution in [0.3, 0.4) is 0 Å². The number of hydrogen-bond donors (Lipinski definition) is 1. The van der Waals surface area contributed by atoms with Crippen LogP contribution in [0.5, 0.6) is 5.75 Å². The largest absolute Gasteiger partial charge is 0.495 e. The van der Waals surface area contributed by atoms with E-state index in [0.29, 0.717) is 35.7 Å². The van der Waals surface area contributed by atoms with E-state index in [4.69, 9.17) is 9.47 Å². The Hall–Kier alpha value is -3.45. The van der Waals surface area contributed by atoms with Crippen LogP contribution in [-0.4, -0.2) is 66.7 Å². The second-order valence-electron chi connectivity index (χ2n) is 9.59. The molecule has 0 unspecified atom stereocenters. The Morgan fingerprint density at radius 3 is 2.27 bits per heavy atom. The van der Waals surface area contributed by atoms with Crippen LogP contribution >= 0.6 is 0 Å². The van der Waals surface area contributed by atoms with Crippen LogP contribution < -0.4 is 14.4 Å². The summed E-state index contributed by atoms with van der Waals surface area (Å²) in [7, 11) is -6.04. The number of methoxy groups -OCH3 is 1. The van der Waals surface area contributed by atoms with Gasteiger partial charge in [0, 0.05) is 24.3 Å². The minimum Gasteiger partial charge on any atom is -0.495 e. The van der Waals surface area contributed by atoms with Crippen molar-refractivity contribution in [2.45, 2.75) is 25.3 Å². The number of hydrogen-bond acceptors (Lipinski definition) is 7. The second-order valence-corrected chi connectivity index (χ2v) is 13.4. The van der Waals surface area contributed by atoms with Crippen molar-refractivity contribution in [1.29, 1.82) is 0 Å². The zero-order valence-electron chi connectivity index (χ0n) is 22.9. The Balaban J connectivity index is 1.53. The van der Waals surface area contributed by atoms with Gasteiger partial charge in [-0.2, -0.15) is 4.31 Å². The van der Waals surface area contributed by atoms with E-state index in [1.165, 1.54) is 34.1 Å².